The van der Waals surface area contributed by atoms with Gasteiger partial charge in [-0.1, -0.05) is 15.9 Å². The molecule has 0 spiro atoms. The molecule has 3 rings (SSSR count). The number of aromatic nitrogens is 3. The number of rotatable bonds is 4. The summed E-state index contributed by atoms with van der Waals surface area (Å²) in [6.45, 7) is 0. The van der Waals surface area contributed by atoms with Crippen molar-refractivity contribution < 1.29 is 4.79 Å². The lowest BCUT2D eigenvalue weighted by Gasteiger charge is -2.11. The third-order valence-corrected chi connectivity index (χ3v) is 6.24. The molecule has 0 fully saturated rings. The minimum absolute atomic E-state index is 0.156. The van der Waals surface area contributed by atoms with E-state index in [1.165, 1.54) is 23.1 Å². The van der Waals surface area contributed by atoms with Crippen LogP contribution in [0.15, 0.2) is 54.3 Å². The summed E-state index contributed by atoms with van der Waals surface area (Å²) in [5.74, 6) is -0.156. The van der Waals surface area contributed by atoms with E-state index in [2.05, 4.69) is 47.4 Å². The first-order valence-electron chi connectivity index (χ1n) is 6.39. The number of anilines is 1. The van der Waals surface area contributed by atoms with Crippen molar-refractivity contribution in [2.45, 2.75) is 10.1 Å². The van der Waals surface area contributed by atoms with Crippen molar-refractivity contribution in [1.29, 1.82) is 0 Å². The first kappa shape index (κ1) is 16.7. The van der Waals surface area contributed by atoms with E-state index < -0.39 is 0 Å². The van der Waals surface area contributed by atoms with Gasteiger partial charge in [0.2, 0.25) is 0 Å². The van der Waals surface area contributed by atoms with Crippen LogP contribution < -0.4 is 5.32 Å². The average molecular weight is 474 g/mol. The molecule has 0 atom stereocenters. The van der Waals surface area contributed by atoms with Crippen molar-refractivity contribution >= 4 is 66.6 Å². The van der Waals surface area contributed by atoms with Gasteiger partial charge < -0.3 is 9.88 Å². The van der Waals surface area contributed by atoms with Gasteiger partial charge in [0.05, 0.1) is 11.3 Å². The number of carbonyl (C=O) groups excluding carboxylic acids is 1. The van der Waals surface area contributed by atoms with Gasteiger partial charge in [0.25, 0.3) is 5.91 Å². The highest BCUT2D eigenvalue weighted by molar-refractivity contribution is 9.10. The summed E-state index contributed by atoms with van der Waals surface area (Å²) in [5, 5.41) is 15.3. The van der Waals surface area contributed by atoms with Crippen molar-refractivity contribution in [3.63, 3.8) is 0 Å². The molecule has 9 heteroatoms. The number of halogens is 2. The summed E-state index contributed by atoms with van der Waals surface area (Å²) in [7, 11) is 1.88. The molecule has 0 unspecified atom stereocenters. The van der Waals surface area contributed by atoms with Gasteiger partial charge in [0, 0.05) is 31.6 Å². The first-order chi connectivity index (χ1) is 11.0. The molecule has 0 bridgehead atoms. The number of aryl methyl sites for hydroxylation is 1. The molecule has 118 valence electrons. The Kier molecular flexibility index (Phi) is 5.20. The van der Waals surface area contributed by atoms with Gasteiger partial charge in [-0.2, -0.15) is 11.3 Å². The average Bonchev–Trinajstić information content (AvgIpc) is 3.11. The second kappa shape index (κ2) is 7.16. The zero-order chi connectivity index (χ0) is 16.4. The molecule has 2 heterocycles. The minimum atomic E-state index is -0.156. The van der Waals surface area contributed by atoms with Gasteiger partial charge >= 0.3 is 0 Å². The summed E-state index contributed by atoms with van der Waals surface area (Å²) in [6, 6.07) is 5.73. The number of amides is 1. The second-order valence-electron chi connectivity index (χ2n) is 4.55. The number of carbonyl (C=O) groups is 1. The molecule has 2 aromatic heterocycles. The monoisotopic (exact) mass is 472 g/mol. The maximum atomic E-state index is 12.4. The quantitative estimate of drug-likeness (QED) is 0.590. The van der Waals surface area contributed by atoms with E-state index in [9.17, 15) is 4.79 Å². The second-order valence-corrected chi connectivity index (χ2v) is 8.08. The minimum Gasteiger partial charge on any atom is -0.321 e. The standard InChI is InChI=1S/C14H10Br2N4OS2/c1-20-7-17-19-14(20)23-12-3-2-8(15)4-11(12)18-13(21)9-5-22-6-10(9)16/h2-7H,1H3,(H,18,21). The van der Waals surface area contributed by atoms with Crippen LogP contribution in [0.2, 0.25) is 0 Å². The lowest BCUT2D eigenvalue weighted by Crippen LogP contribution is -2.12. The molecular weight excluding hydrogens is 464 g/mol. The predicted molar refractivity (Wildman–Crippen MR) is 99.2 cm³/mol. The van der Waals surface area contributed by atoms with Gasteiger partial charge in [-0.3, -0.25) is 4.79 Å². The van der Waals surface area contributed by atoms with E-state index in [1.807, 2.05) is 40.6 Å². The van der Waals surface area contributed by atoms with Gasteiger partial charge in [0.1, 0.15) is 6.33 Å². The number of nitrogens with one attached hydrogen (secondary N) is 1. The molecule has 3 aromatic rings. The molecule has 0 saturated heterocycles. The van der Waals surface area contributed by atoms with Crippen LogP contribution in [0.25, 0.3) is 0 Å². The summed E-state index contributed by atoms with van der Waals surface area (Å²) < 4.78 is 3.50. The van der Waals surface area contributed by atoms with E-state index in [1.54, 1.807) is 6.33 Å². The maximum absolute atomic E-state index is 12.4. The Hall–Kier alpha value is -1.16. The summed E-state index contributed by atoms with van der Waals surface area (Å²) in [4.78, 5) is 13.3. The summed E-state index contributed by atoms with van der Waals surface area (Å²) in [6.07, 6.45) is 1.64. The third-order valence-electron chi connectivity index (χ3n) is 2.92. The van der Waals surface area contributed by atoms with Crippen LogP contribution in [-0.2, 0) is 7.05 Å². The molecule has 5 nitrogen and oxygen atoms in total. The Morgan fingerprint density at radius 3 is 2.83 bits per heavy atom. The van der Waals surface area contributed by atoms with E-state index >= 15 is 0 Å². The number of benzene rings is 1. The fourth-order valence-electron chi connectivity index (χ4n) is 1.79. The fraction of sp³-hybridized carbons (Fsp3) is 0.0714. The fourth-order valence-corrected chi connectivity index (χ4v) is 4.43. The van der Waals surface area contributed by atoms with Crippen LogP contribution >= 0.6 is 55.0 Å². The van der Waals surface area contributed by atoms with Crippen molar-refractivity contribution in [3.8, 4) is 0 Å². The smallest absolute Gasteiger partial charge is 0.257 e. The van der Waals surface area contributed by atoms with Crippen molar-refractivity contribution in [2.75, 3.05) is 5.32 Å². The SMILES string of the molecule is Cn1cnnc1Sc1ccc(Br)cc1NC(=O)c1cscc1Br. The topological polar surface area (TPSA) is 59.8 Å². The zero-order valence-electron chi connectivity index (χ0n) is 11.8. The Bertz CT molecular complexity index is 862. The van der Waals surface area contributed by atoms with E-state index in [-0.39, 0.29) is 5.91 Å². The largest absolute Gasteiger partial charge is 0.321 e. The number of hydrogen-bond acceptors (Lipinski definition) is 5. The molecule has 0 aliphatic carbocycles. The van der Waals surface area contributed by atoms with Crippen molar-refractivity contribution in [1.82, 2.24) is 14.8 Å². The summed E-state index contributed by atoms with van der Waals surface area (Å²) >= 11 is 9.74. The lowest BCUT2D eigenvalue weighted by molar-refractivity contribution is 0.102. The predicted octanol–water partition coefficient (Wildman–Crippen LogP) is 4.81. The molecule has 23 heavy (non-hydrogen) atoms. The Morgan fingerprint density at radius 2 is 2.17 bits per heavy atom. The number of thiophene rings is 1. The highest BCUT2D eigenvalue weighted by Crippen LogP contribution is 2.34. The van der Waals surface area contributed by atoms with Crippen LogP contribution in [0, 0.1) is 0 Å². The molecule has 1 aromatic carbocycles. The number of hydrogen-bond donors (Lipinski definition) is 1. The lowest BCUT2D eigenvalue weighted by atomic mass is 10.3. The van der Waals surface area contributed by atoms with E-state index in [0.717, 1.165) is 24.7 Å². The molecular formula is C14H10Br2N4OS2. The van der Waals surface area contributed by atoms with E-state index in [4.69, 9.17) is 0 Å². The Morgan fingerprint density at radius 1 is 1.35 bits per heavy atom. The van der Waals surface area contributed by atoms with E-state index in [0.29, 0.717) is 5.56 Å². The molecule has 0 saturated carbocycles. The number of nitrogens with zero attached hydrogens (tertiary/aromatic N) is 3. The Labute approximate surface area is 157 Å². The van der Waals surface area contributed by atoms with Gasteiger partial charge in [-0.15, -0.1) is 10.2 Å². The van der Waals surface area contributed by atoms with Crippen LogP contribution in [0.3, 0.4) is 0 Å². The Balaban J connectivity index is 1.89. The summed E-state index contributed by atoms with van der Waals surface area (Å²) in [5.41, 5.74) is 1.33. The molecule has 0 aliphatic rings. The molecule has 1 amide bonds. The first-order valence-corrected chi connectivity index (χ1v) is 9.73. The highest BCUT2D eigenvalue weighted by atomic mass is 79.9. The van der Waals surface area contributed by atoms with Crippen LogP contribution in [-0.4, -0.2) is 20.7 Å². The van der Waals surface area contributed by atoms with Gasteiger partial charge in [0.15, 0.2) is 5.16 Å². The van der Waals surface area contributed by atoms with Crippen LogP contribution in [0.5, 0.6) is 0 Å². The molecule has 0 aliphatic heterocycles. The van der Waals surface area contributed by atoms with Gasteiger partial charge in [-0.05, 0) is 45.9 Å². The normalized spacial score (nSPS) is 10.7. The maximum Gasteiger partial charge on any atom is 0.257 e. The highest BCUT2D eigenvalue weighted by Gasteiger charge is 2.15. The molecule has 0 radical (unpaired) electrons. The van der Waals surface area contributed by atoms with Crippen molar-refractivity contribution in [3.05, 3.63) is 49.8 Å². The van der Waals surface area contributed by atoms with Gasteiger partial charge in [-0.25, -0.2) is 0 Å². The zero-order valence-corrected chi connectivity index (χ0v) is 16.6. The third kappa shape index (κ3) is 3.85. The molecule has 1 N–H and O–H groups in total. The van der Waals surface area contributed by atoms with Crippen molar-refractivity contribution in [2.24, 2.45) is 7.05 Å². The van der Waals surface area contributed by atoms with Crippen LogP contribution in [0.1, 0.15) is 10.4 Å². The van der Waals surface area contributed by atoms with Crippen LogP contribution in [0.4, 0.5) is 5.69 Å².